The van der Waals surface area contributed by atoms with Crippen molar-refractivity contribution in [1.82, 2.24) is 10.2 Å². The molecule has 2 aromatic carbocycles. The van der Waals surface area contributed by atoms with Crippen LogP contribution in [0.25, 0.3) is 0 Å². The number of carbonyl (C=O) groups is 2. The maximum atomic E-state index is 14.3. The summed E-state index contributed by atoms with van der Waals surface area (Å²) in [5, 5.41) is 2.87. The number of hydrogen-bond donors (Lipinski definition) is 1. The molecule has 32 heavy (non-hydrogen) atoms. The maximum Gasteiger partial charge on any atom is 0.244 e. The number of anilines is 1. The lowest BCUT2D eigenvalue weighted by Crippen LogP contribution is -2.51. The Morgan fingerprint density at radius 3 is 2.34 bits per heavy atom. The summed E-state index contributed by atoms with van der Waals surface area (Å²) in [4.78, 5) is 27.0. The molecule has 0 bridgehead atoms. The Balaban J connectivity index is 2.40. The molecule has 2 aromatic rings. The molecule has 0 radical (unpaired) electrons. The average molecular weight is 484 g/mol. The van der Waals surface area contributed by atoms with Gasteiger partial charge in [0.1, 0.15) is 18.4 Å². The number of para-hydroxylation sites is 1. The fraction of sp³-hybridized carbons (Fsp3) is 0.364. The van der Waals surface area contributed by atoms with Crippen LogP contribution in [0.2, 0.25) is 5.02 Å². The van der Waals surface area contributed by atoms with Crippen LogP contribution in [0.5, 0.6) is 0 Å². The maximum absolute atomic E-state index is 14.3. The third-order valence-corrected chi connectivity index (χ3v) is 6.26. The molecule has 1 N–H and O–H groups in total. The van der Waals surface area contributed by atoms with E-state index in [0.717, 1.165) is 10.6 Å². The van der Waals surface area contributed by atoms with Gasteiger partial charge in [-0.25, -0.2) is 12.8 Å². The highest BCUT2D eigenvalue weighted by Gasteiger charge is 2.31. The Morgan fingerprint density at radius 1 is 1.12 bits per heavy atom. The molecular weight excluding hydrogens is 457 g/mol. The van der Waals surface area contributed by atoms with Crippen LogP contribution in [0.15, 0.2) is 48.5 Å². The Labute approximate surface area is 193 Å². The minimum atomic E-state index is -3.88. The van der Waals surface area contributed by atoms with Crippen LogP contribution in [0.3, 0.4) is 0 Å². The highest BCUT2D eigenvalue weighted by Crippen LogP contribution is 2.27. The van der Waals surface area contributed by atoms with E-state index in [4.69, 9.17) is 11.6 Å². The predicted molar refractivity (Wildman–Crippen MR) is 123 cm³/mol. The van der Waals surface area contributed by atoms with Crippen LogP contribution in [-0.2, 0) is 26.2 Å². The molecule has 1 atom stereocenters. The molecule has 0 aliphatic rings. The molecule has 2 amide bonds. The third-order valence-electron chi connectivity index (χ3n) is 4.82. The lowest BCUT2D eigenvalue weighted by molar-refractivity contribution is -0.139. The summed E-state index contributed by atoms with van der Waals surface area (Å²) >= 11 is 6.16. The Bertz CT molecular complexity index is 1060. The van der Waals surface area contributed by atoms with Crippen molar-refractivity contribution in [2.45, 2.75) is 32.9 Å². The summed E-state index contributed by atoms with van der Waals surface area (Å²) in [5.74, 6) is -1.62. The lowest BCUT2D eigenvalue weighted by Gasteiger charge is -2.31. The minimum Gasteiger partial charge on any atom is -0.354 e. The van der Waals surface area contributed by atoms with Gasteiger partial charge in [0, 0.05) is 18.7 Å². The summed E-state index contributed by atoms with van der Waals surface area (Å²) < 4.78 is 40.1. The van der Waals surface area contributed by atoms with Crippen molar-refractivity contribution >= 4 is 39.1 Å². The first-order chi connectivity index (χ1) is 15.1. The van der Waals surface area contributed by atoms with Gasteiger partial charge >= 0.3 is 0 Å². The van der Waals surface area contributed by atoms with Crippen LogP contribution < -0.4 is 9.62 Å². The number of hydrogen-bond acceptors (Lipinski definition) is 4. The van der Waals surface area contributed by atoms with Gasteiger partial charge in [-0.15, -0.1) is 0 Å². The van der Waals surface area contributed by atoms with Crippen molar-refractivity contribution in [2.24, 2.45) is 0 Å². The monoisotopic (exact) mass is 483 g/mol. The van der Waals surface area contributed by atoms with E-state index in [1.165, 1.54) is 42.2 Å². The van der Waals surface area contributed by atoms with Crippen LogP contribution in [0.4, 0.5) is 10.1 Å². The van der Waals surface area contributed by atoms with E-state index in [2.05, 4.69) is 5.32 Å². The first kappa shape index (κ1) is 25.6. The summed E-state index contributed by atoms with van der Waals surface area (Å²) in [7, 11) is -3.88. The van der Waals surface area contributed by atoms with Gasteiger partial charge in [-0.05, 0) is 31.5 Å². The minimum absolute atomic E-state index is 0.138. The van der Waals surface area contributed by atoms with Gasteiger partial charge in [0.2, 0.25) is 21.8 Å². The number of sulfonamides is 1. The number of halogens is 2. The highest BCUT2D eigenvalue weighted by molar-refractivity contribution is 7.92. The molecule has 10 heteroatoms. The molecule has 0 unspecified atom stereocenters. The zero-order valence-corrected chi connectivity index (χ0v) is 19.8. The smallest absolute Gasteiger partial charge is 0.244 e. The average Bonchev–Trinajstić information content (AvgIpc) is 2.74. The standard InChI is InChI=1S/C22H27ClFN3O4S/c1-4-13-25-22(29)16(2)26(14-17-9-5-7-11-19(17)24)21(28)15-27(32(3,30)31)20-12-8-6-10-18(20)23/h5-12,16H,4,13-15H2,1-3H3,(H,25,29)/t16-/m0/s1. The molecule has 174 valence electrons. The van der Waals surface area contributed by atoms with Gasteiger partial charge in [0.15, 0.2) is 0 Å². The van der Waals surface area contributed by atoms with Crippen LogP contribution in [-0.4, -0.2) is 50.5 Å². The van der Waals surface area contributed by atoms with E-state index in [9.17, 15) is 22.4 Å². The SMILES string of the molecule is CCCNC(=O)[C@H](C)N(Cc1ccccc1F)C(=O)CN(c1ccccc1Cl)S(C)(=O)=O. The second-order valence-electron chi connectivity index (χ2n) is 7.30. The Kier molecular flexibility index (Phi) is 9.03. The van der Waals surface area contributed by atoms with Crippen molar-refractivity contribution in [3.63, 3.8) is 0 Å². The van der Waals surface area contributed by atoms with E-state index in [1.54, 1.807) is 18.2 Å². The fourth-order valence-corrected chi connectivity index (χ4v) is 4.19. The molecule has 0 aliphatic heterocycles. The van der Waals surface area contributed by atoms with E-state index >= 15 is 0 Å². The third kappa shape index (κ3) is 6.67. The van der Waals surface area contributed by atoms with Gasteiger partial charge in [-0.1, -0.05) is 48.9 Å². The van der Waals surface area contributed by atoms with E-state index < -0.39 is 40.2 Å². The van der Waals surface area contributed by atoms with Crippen LogP contribution in [0, 0.1) is 5.82 Å². The molecule has 0 fully saturated rings. The number of rotatable bonds is 10. The molecule has 0 aliphatic carbocycles. The van der Waals surface area contributed by atoms with Crippen molar-refractivity contribution in [1.29, 1.82) is 0 Å². The number of amides is 2. The highest BCUT2D eigenvalue weighted by atomic mass is 35.5. The van der Waals surface area contributed by atoms with Crippen molar-refractivity contribution < 1.29 is 22.4 Å². The van der Waals surface area contributed by atoms with Crippen molar-refractivity contribution in [3.8, 4) is 0 Å². The van der Waals surface area contributed by atoms with Gasteiger partial charge in [-0.2, -0.15) is 0 Å². The second kappa shape index (κ2) is 11.3. The number of carbonyl (C=O) groups excluding carboxylic acids is 2. The van der Waals surface area contributed by atoms with Crippen LogP contribution >= 0.6 is 11.6 Å². The van der Waals surface area contributed by atoms with E-state index in [0.29, 0.717) is 13.0 Å². The van der Waals surface area contributed by atoms with Gasteiger partial charge in [0.05, 0.1) is 17.0 Å². The molecule has 0 spiro atoms. The van der Waals surface area contributed by atoms with E-state index in [-0.39, 0.29) is 22.8 Å². The summed E-state index contributed by atoms with van der Waals surface area (Å²) in [6.07, 6.45) is 1.66. The zero-order chi connectivity index (χ0) is 23.9. The van der Waals surface area contributed by atoms with Gasteiger partial charge < -0.3 is 10.2 Å². The normalized spacial score (nSPS) is 12.2. The zero-order valence-electron chi connectivity index (χ0n) is 18.2. The quantitative estimate of drug-likeness (QED) is 0.562. The van der Waals surface area contributed by atoms with E-state index in [1.807, 2.05) is 6.92 Å². The molecule has 2 rings (SSSR count). The van der Waals surface area contributed by atoms with Gasteiger partial charge in [-0.3, -0.25) is 13.9 Å². The lowest BCUT2D eigenvalue weighted by atomic mass is 10.1. The first-order valence-corrected chi connectivity index (χ1v) is 12.3. The first-order valence-electron chi connectivity index (χ1n) is 10.1. The summed E-state index contributed by atoms with van der Waals surface area (Å²) in [6, 6.07) is 11.2. The fourth-order valence-electron chi connectivity index (χ4n) is 3.04. The second-order valence-corrected chi connectivity index (χ2v) is 9.62. The number of nitrogens with zero attached hydrogens (tertiary/aromatic N) is 2. The molecule has 7 nitrogen and oxygen atoms in total. The predicted octanol–water partition coefficient (Wildman–Crippen LogP) is 3.19. The topological polar surface area (TPSA) is 86.8 Å². The molecule has 0 heterocycles. The number of nitrogens with one attached hydrogen (secondary N) is 1. The molecule has 0 saturated carbocycles. The molecule has 0 saturated heterocycles. The van der Waals surface area contributed by atoms with Crippen LogP contribution in [0.1, 0.15) is 25.8 Å². The summed E-state index contributed by atoms with van der Waals surface area (Å²) in [5.41, 5.74) is 0.346. The largest absolute Gasteiger partial charge is 0.354 e. The summed E-state index contributed by atoms with van der Waals surface area (Å²) in [6.45, 7) is 3.03. The molecular formula is C22H27ClFN3O4S. The Hall–Kier alpha value is -2.65. The van der Waals surface area contributed by atoms with Crippen molar-refractivity contribution in [3.05, 3.63) is 64.9 Å². The molecule has 0 aromatic heterocycles. The van der Waals surface area contributed by atoms with Crippen molar-refractivity contribution in [2.75, 3.05) is 23.7 Å². The van der Waals surface area contributed by atoms with Gasteiger partial charge in [0.25, 0.3) is 0 Å². The number of benzene rings is 2. The Morgan fingerprint density at radius 2 is 1.75 bits per heavy atom.